The molecule has 8 heteroatoms. The van der Waals surface area contributed by atoms with Crippen molar-refractivity contribution in [2.24, 2.45) is 0 Å². The van der Waals surface area contributed by atoms with E-state index in [0.717, 1.165) is 16.8 Å². The molecule has 2 heterocycles. The van der Waals surface area contributed by atoms with Crippen LogP contribution in [0.3, 0.4) is 0 Å². The van der Waals surface area contributed by atoms with Crippen LogP contribution in [0.15, 0.2) is 68.6 Å². The zero-order valence-electron chi connectivity index (χ0n) is 12.6. The van der Waals surface area contributed by atoms with Crippen molar-refractivity contribution in [2.45, 2.75) is 0 Å². The molecule has 0 aliphatic carbocycles. The van der Waals surface area contributed by atoms with Gasteiger partial charge in [0, 0.05) is 4.47 Å². The number of amides is 2. The van der Waals surface area contributed by atoms with E-state index in [1.807, 2.05) is 0 Å². The second-order valence-electron chi connectivity index (χ2n) is 4.83. The predicted molar refractivity (Wildman–Crippen MR) is 104 cm³/mol. The number of furan rings is 1. The average molecular weight is 435 g/mol. The molecule has 126 valence electrons. The Morgan fingerprint density at radius 2 is 2.08 bits per heavy atom. The predicted octanol–water partition coefficient (Wildman–Crippen LogP) is 4.14. The van der Waals surface area contributed by atoms with Crippen LogP contribution >= 0.6 is 39.9 Å². The molecule has 1 saturated heterocycles. The number of benzene rings is 1. The molecular weight excluding hydrogens is 424 g/mol. The van der Waals surface area contributed by atoms with Gasteiger partial charge in [0.15, 0.2) is 4.32 Å². The SMILES string of the molecule is O=C(NN1C(=O)/C(=C/C=C/c2ccco2)SC1=S)c1ccccc1Br. The summed E-state index contributed by atoms with van der Waals surface area (Å²) in [7, 11) is 0. The number of thioether (sulfide) groups is 1. The van der Waals surface area contributed by atoms with Gasteiger partial charge in [0.1, 0.15) is 5.76 Å². The topological polar surface area (TPSA) is 62.6 Å². The van der Waals surface area contributed by atoms with E-state index in [4.69, 9.17) is 16.6 Å². The summed E-state index contributed by atoms with van der Waals surface area (Å²) in [5, 5.41) is 1.08. The van der Waals surface area contributed by atoms with Gasteiger partial charge in [-0.15, -0.1) is 0 Å². The van der Waals surface area contributed by atoms with Crippen LogP contribution in [0, 0.1) is 0 Å². The van der Waals surface area contributed by atoms with Gasteiger partial charge < -0.3 is 4.42 Å². The number of nitrogens with one attached hydrogen (secondary N) is 1. The van der Waals surface area contributed by atoms with Crippen molar-refractivity contribution in [1.29, 1.82) is 0 Å². The highest BCUT2D eigenvalue weighted by Crippen LogP contribution is 2.30. The monoisotopic (exact) mass is 434 g/mol. The first-order chi connectivity index (χ1) is 12.1. The summed E-state index contributed by atoms with van der Waals surface area (Å²) < 4.78 is 6.08. The molecule has 3 rings (SSSR count). The molecule has 1 aromatic carbocycles. The van der Waals surface area contributed by atoms with E-state index in [2.05, 4.69) is 21.4 Å². The highest BCUT2D eigenvalue weighted by Gasteiger charge is 2.33. The van der Waals surface area contributed by atoms with Gasteiger partial charge in [0.2, 0.25) is 0 Å². The number of hydrazine groups is 1. The fourth-order valence-corrected chi connectivity index (χ4v) is 3.60. The van der Waals surface area contributed by atoms with Crippen LogP contribution < -0.4 is 5.43 Å². The van der Waals surface area contributed by atoms with Crippen molar-refractivity contribution in [2.75, 3.05) is 0 Å². The van der Waals surface area contributed by atoms with Crippen molar-refractivity contribution in [1.82, 2.24) is 10.4 Å². The Morgan fingerprint density at radius 3 is 2.80 bits per heavy atom. The first-order valence-electron chi connectivity index (χ1n) is 7.10. The molecule has 0 atom stereocenters. The average Bonchev–Trinajstić information content (AvgIpc) is 3.19. The van der Waals surface area contributed by atoms with E-state index in [0.29, 0.717) is 20.7 Å². The second-order valence-corrected chi connectivity index (χ2v) is 7.36. The van der Waals surface area contributed by atoms with Crippen LogP contribution in [0.2, 0.25) is 0 Å². The summed E-state index contributed by atoms with van der Waals surface area (Å²) in [6.45, 7) is 0. The van der Waals surface area contributed by atoms with Gasteiger partial charge in [-0.2, -0.15) is 5.01 Å². The third kappa shape index (κ3) is 4.09. The molecule has 1 aromatic heterocycles. The zero-order valence-corrected chi connectivity index (χ0v) is 15.9. The molecule has 1 aliphatic rings. The van der Waals surface area contributed by atoms with Gasteiger partial charge >= 0.3 is 0 Å². The lowest BCUT2D eigenvalue weighted by molar-refractivity contribution is -0.123. The normalized spacial score (nSPS) is 16.2. The Balaban J connectivity index is 1.71. The maximum Gasteiger partial charge on any atom is 0.285 e. The van der Waals surface area contributed by atoms with E-state index >= 15 is 0 Å². The van der Waals surface area contributed by atoms with Crippen LogP contribution in [0.4, 0.5) is 0 Å². The lowest BCUT2D eigenvalue weighted by Crippen LogP contribution is -2.44. The van der Waals surface area contributed by atoms with Gasteiger partial charge in [-0.1, -0.05) is 30.0 Å². The van der Waals surface area contributed by atoms with Crippen LogP contribution in [-0.4, -0.2) is 21.1 Å². The fourth-order valence-electron chi connectivity index (χ4n) is 2.00. The van der Waals surface area contributed by atoms with Gasteiger partial charge in [-0.25, -0.2) is 0 Å². The summed E-state index contributed by atoms with van der Waals surface area (Å²) in [6, 6.07) is 10.5. The van der Waals surface area contributed by atoms with Crippen molar-refractivity contribution in [3.63, 3.8) is 0 Å². The minimum Gasteiger partial charge on any atom is -0.465 e. The Kier molecular flexibility index (Phi) is 5.52. The molecule has 0 bridgehead atoms. The fraction of sp³-hybridized carbons (Fsp3) is 0. The molecule has 2 aromatic rings. The van der Waals surface area contributed by atoms with Crippen LogP contribution in [0.5, 0.6) is 0 Å². The Bertz CT molecular complexity index is 891. The van der Waals surface area contributed by atoms with E-state index in [1.54, 1.807) is 60.9 Å². The van der Waals surface area contributed by atoms with E-state index in [9.17, 15) is 9.59 Å². The largest absolute Gasteiger partial charge is 0.465 e. The van der Waals surface area contributed by atoms with Gasteiger partial charge in [-0.05, 0) is 64.6 Å². The molecule has 2 amide bonds. The van der Waals surface area contributed by atoms with Gasteiger partial charge in [0.05, 0.1) is 16.7 Å². The summed E-state index contributed by atoms with van der Waals surface area (Å²) in [4.78, 5) is 25.2. The number of allylic oxidation sites excluding steroid dienone is 2. The van der Waals surface area contributed by atoms with Crippen LogP contribution in [0.1, 0.15) is 16.1 Å². The minimum atomic E-state index is -0.420. The number of carbonyl (C=O) groups is 2. The first kappa shape index (κ1) is 17.7. The number of thiocarbonyl (C=S) groups is 1. The Hall–Kier alpha value is -2.16. The Labute approximate surface area is 161 Å². The molecule has 0 saturated carbocycles. The number of rotatable bonds is 4. The molecule has 1 fully saturated rings. The molecular formula is C17H11BrN2O3S2. The third-order valence-electron chi connectivity index (χ3n) is 3.18. The number of hydrogen-bond donors (Lipinski definition) is 1. The smallest absolute Gasteiger partial charge is 0.285 e. The molecule has 25 heavy (non-hydrogen) atoms. The molecule has 1 aliphatic heterocycles. The van der Waals surface area contributed by atoms with E-state index < -0.39 is 5.91 Å². The Morgan fingerprint density at radius 1 is 1.28 bits per heavy atom. The first-order valence-corrected chi connectivity index (χ1v) is 9.11. The zero-order chi connectivity index (χ0) is 17.8. The minimum absolute atomic E-state index is 0.267. The molecule has 1 N–H and O–H groups in total. The lowest BCUT2D eigenvalue weighted by atomic mass is 10.2. The van der Waals surface area contributed by atoms with Gasteiger partial charge in [-0.3, -0.25) is 15.0 Å². The summed E-state index contributed by atoms with van der Waals surface area (Å²) in [5.74, 6) is -0.121. The molecule has 5 nitrogen and oxygen atoms in total. The number of halogens is 1. The van der Waals surface area contributed by atoms with Crippen molar-refractivity contribution < 1.29 is 14.0 Å². The van der Waals surface area contributed by atoms with Crippen LogP contribution in [0.25, 0.3) is 6.08 Å². The van der Waals surface area contributed by atoms with Crippen molar-refractivity contribution in [3.8, 4) is 0 Å². The quantitative estimate of drug-likeness (QED) is 0.578. The van der Waals surface area contributed by atoms with E-state index in [1.165, 1.54) is 0 Å². The lowest BCUT2D eigenvalue weighted by Gasteiger charge is -2.16. The number of hydrogen-bond acceptors (Lipinski definition) is 5. The highest BCUT2D eigenvalue weighted by atomic mass is 79.9. The van der Waals surface area contributed by atoms with E-state index in [-0.39, 0.29) is 10.2 Å². The number of carbonyl (C=O) groups excluding carboxylic acids is 2. The summed E-state index contributed by atoms with van der Waals surface area (Å²) in [5.41, 5.74) is 2.95. The van der Waals surface area contributed by atoms with Crippen LogP contribution in [-0.2, 0) is 4.79 Å². The number of nitrogens with zero attached hydrogens (tertiary/aromatic N) is 1. The highest BCUT2D eigenvalue weighted by molar-refractivity contribution is 9.10. The third-order valence-corrected chi connectivity index (χ3v) is 5.19. The summed E-state index contributed by atoms with van der Waals surface area (Å²) >= 11 is 9.61. The maximum atomic E-state index is 12.4. The molecule has 0 unspecified atom stereocenters. The molecule has 0 radical (unpaired) electrons. The maximum absolute atomic E-state index is 12.4. The second kappa shape index (κ2) is 7.81. The summed E-state index contributed by atoms with van der Waals surface area (Å²) in [6.07, 6.45) is 6.62. The van der Waals surface area contributed by atoms with Gasteiger partial charge in [0.25, 0.3) is 11.8 Å². The van der Waals surface area contributed by atoms with Crippen molar-refractivity contribution >= 4 is 62.1 Å². The standard InChI is InChI=1S/C17H11BrN2O3S2/c18-13-8-2-1-7-12(13)15(21)19-20-16(22)14(25-17(20)24)9-3-5-11-6-4-10-23-11/h1-10H,(H,19,21)/b5-3+,14-9-. The van der Waals surface area contributed by atoms with Crippen molar-refractivity contribution in [3.05, 3.63) is 75.5 Å². The molecule has 0 spiro atoms.